The molecule has 0 spiro atoms. The van der Waals surface area contributed by atoms with Crippen LogP contribution in [0.25, 0.3) is 0 Å². The van der Waals surface area contributed by atoms with Crippen LogP contribution in [0.15, 0.2) is 35.2 Å². The quantitative estimate of drug-likeness (QED) is 0.552. The molecule has 1 heterocycles. The second kappa shape index (κ2) is 7.55. The molecule has 1 aliphatic heterocycles. The molecule has 0 aromatic heterocycles. The van der Waals surface area contributed by atoms with Crippen LogP contribution in [0.1, 0.15) is 19.4 Å². The fourth-order valence-electron chi connectivity index (χ4n) is 2.98. The first kappa shape index (κ1) is 19.7. The van der Waals surface area contributed by atoms with Crippen molar-refractivity contribution >= 4 is 21.4 Å². The number of rotatable bonds is 7. The Morgan fingerprint density at radius 2 is 2.04 bits per heavy atom. The summed E-state index contributed by atoms with van der Waals surface area (Å²) in [4.78, 5) is 10.2. The number of sulfonamides is 1. The molecule has 1 unspecified atom stereocenters. The number of ether oxygens (including phenoxy) is 3. The molecule has 1 atom stereocenters. The van der Waals surface area contributed by atoms with E-state index in [1.54, 1.807) is 19.1 Å². The van der Waals surface area contributed by atoms with E-state index in [2.05, 4.69) is 4.72 Å². The number of hydrogen-bond donors (Lipinski definition) is 1. The molecule has 2 aromatic rings. The zero-order chi connectivity index (χ0) is 20.5. The number of fused-ring (bicyclic) bond motifs is 1. The van der Waals surface area contributed by atoms with Gasteiger partial charge in [0, 0.05) is 24.1 Å². The van der Waals surface area contributed by atoms with Gasteiger partial charge in [-0.25, -0.2) is 8.42 Å². The van der Waals surface area contributed by atoms with Gasteiger partial charge in [0.05, 0.1) is 29.2 Å². The number of hydrogen-bond acceptors (Lipinski definition) is 7. The summed E-state index contributed by atoms with van der Waals surface area (Å²) in [5.74, 6) is 0.916. The van der Waals surface area contributed by atoms with E-state index in [0.29, 0.717) is 24.5 Å². The van der Waals surface area contributed by atoms with Gasteiger partial charge >= 0.3 is 5.69 Å². The van der Waals surface area contributed by atoms with Crippen LogP contribution in [0, 0.1) is 10.1 Å². The Kier molecular flexibility index (Phi) is 5.32. The van der Waals surface area contributed by atoms with Crippen LogP contribution in [0.2, 0.25) is 0 Å². The lowest BCUT2D eigenvalue weighted by Crippen LogP contribution is -2.14. The van der Waals surface area contributed by atoms with Gasteiger partial charge in [-0.3, -0.25) is 14.8 Å². The number of nitrogens with one attached hydrogen (secondary N) is 1. The van der Waals surface area contributed by atoms with Crippen molar-refractivity contribution in [2.45, 2.75) is 31.3 Å². The Morgan fingerprint density at radius 1 is 1.29 bits per heavy atom. The molecule has 0 bridgehead atoms. The highest BCUT2D eigenvalue weighted by atomic mass is 32.2. The third-order valence-corrected chi connectivity index (χ3v) is 5.56. The average Bonchev–Trinajstić information content (AvgIpc) is 3.00. The monoisotopic (exact) mass is 408 g/mol. The zero-order valence-electron chi connectivity index (χ0n) is 15.6. The Balaban J connectivity index is 2.00. The summed E-state index contributed by atoms with van der Waals surface area (Å²) in [6.07, 6.45) is 0.688. The third kappa shape index (κ3) is 3.81. The molecular weight excluding hydrogens is 388 g/mol. The number of methoxy groups -OCH3 is 1. The van der Waals surface area contributed by atoms with Gasteiger partial charge in [-0.1, -0.05) is 0 Å². The first-order valence-electron chi connectivity index (χ1n) is 8.56. The van der Waals surface area contributed by atoms with Gasteiger partial charge in [0.15, 0.2) is 5.75 Å². The molecule has 0 fully saturated rings. The molecule has 1 N–H and O–H groups in total. The summed E-state index contributed by atoms with van der Waals surface area (Å²) in [6.45, 7) is 4.05. The van der Waals surface area contributed by atoms with E-state index in [1.165, 1.54) is 19.2 Å². The topological polar surface area (TPSA) is 117 Å². The standard InChI is InChI=1S/C18H20N2O7S/c1-4-26-18-8-12-7-11(2)27-17(12)10-14(18)19-28(23,24)13-5-6-16(25-3)15(9-13)20(21)22/h5-6,8-11,19H,4,7H2,1-3H3. The van der Waals surface area contributed by atoms with Gasteiger partial charge in [0.2, 0.25) is 0 Å². The molecule has 1 aliphatic rings. The van der Waals surface area contributed by atoms with Crippen molar-refractivity contribution in [1.29, 1.82) is 0 Å². The largest absolute Gasteiger partial charge is 0.492 e. The number of nitro groups is 1. The Hall–Kier alpha value is -3.01. The molecule has 3 rings (SSSR count). The predicted octanol–water partition coefficient (Wildman–Crippen LogP) is 3.13. The van der Waals surface area contributed by atoms with E-state index in [4.69, 9.17) is 14.2 Å². The number of benzene rings is 2. The summed E-state index contributed by atoms with van der Waals surface area (Å²) in [7, 11) is -2.84. The van der Waals surface area contributed by atoms with Crippen LogP contribution in [-0.2, 0) is 16.4 Å². The molecule has 0 amide bonds. The molecule has 150 valence electrons. The maximum Gasteiger partial charge on any atom is 0.312 e. The van der Waals surface area contributed by atoms with Gasteiger partial charge in [0.1, 0.15) is 17.6 Å². The fraction of sp³-hybridized carbons (Fsp3) is 0.333. The van der Waals surface area contributed by atoms with Crippen LogP contribution >= 0.6 is 0 Å². The van der Waals surface area contributed by atoms with E-state index in [0.717, 1.165) is 11.6 Å². The first-order valence-corrected chi connectivity index (χ1v) is 10.0. The summed E-state index contributed by atoms with van der Waals surface area (Å²) in [5.41, 5.74) is 0.689. The van der Waals surface area contributed by atoms with Crippen molar-refractivity contribution in [2.75, 3.05) is 18.4 Å². The Bertz CT molecular complexity index is 1020. The smallest absolute Gasteiger partial charge is 0.312 e. The third-order valence-electron chi connectivity index (χ3n) is 4.20. The minimum atomic E-state index is -4.11. The molecule has 9 nitrogen and oxygen atoms in total. The number of nitro benzene ring substituents is 1. The van der Waals surface area contributed by atoms with E-state index in [1.807, 2.05) is 6.92 Å². The van der Waals surface area contributed by atoms with Crippen LogP contribution in [-0.4, -0.2) is 33.2 Å². The maximum atomic E-state index is 12.8. The minimum absolute atomic E-state index is 0.0134. The van der Waals surface area contributed by atoms with Gasteiger partial charge in [-0.15, -0.1) is 0 Å². The highest BCUT2D eigenvalue weighted by molar-refractivity contribution is 7.92. The number of anilines is 1. The van der Waals surface area contributed by atoms with E-state index >= 15 is 0 Å². The highest BCUT2D eigenvalue weighted by Crippen LogP contribution is 2.39. The van der Waals surface area contributed by atoms with Gasteiger partial charge in [0.25, 0.3) is 10.0 Å². The van der Waals surface area contributed by atoms with Gasteiger partial charge in [-0.05, 0) is 32.0 Å². The zero-order valence-corrected chi connectivity index (χ0v) is 16.4. The highest BCUT2D eigenvalue weighted by Gasteiger charge is 2.26. The normalized spacial score (nSPS) is 15.5. The van der Waals surface area contributed by atoms with E-state index in [9.17, 15) is 18.5 Å². The van der Waals surface area contributed by atoms with Crippen molar-refractivity contribution in [1.82, 2.24) is 0 Å². The predicted molar refractivity (Wildman–Crippen MR) is 102 cm³/mol. The summed E-state index contributed by atoms with van der Waals surface area (Å²) >= 11 is 0. The van der Waals surface area contributed by atoms with Crippen molar-refractivity contribution in [3.63, 3.8) is 0 Å². The van der Waals surface area contributed by atoms with E-state index < -0.39 is 20.6 Å². The molecule has 0 aliphatic carbocycles. The Labute approximate surface area is 162 Å². The lowest BCUT2D eigenvalue weighted by molar-refractivity contribution is -0.386. The van der Waals surface area contributed by atoms with Crippen LogP contribution in [0.5, 0.6) is 17.2 Å². The molecule has 2 aromatic carbocycles. The van der Waals surface area contributed by atoms with Crippen molar-refractivity contribution in [2.24, 2.45) is 0 Å². The molecular formula is C18H20N2O7S. The molecule has 10 heteroatoms. The van der Waals surface area contributed by atoms with Crippen LogP contribution in [0.4, 0.5) is 11.4 Å². The molecule has 28 heavy (non-hydrogen) atoms. The first-order chi connectivity index (χ1) is 13.2. The molecule has 0 saturated carbocycles. The van der Waals surface area contributed by atoms with Crippen LogP contribution in [0.3, 0.4) is 0 Å². The minimum Gasteiger partial charge on any atom is -0.492 e. The van der Waals surface area contributed by atoms with Crippen LogP contribution < -0.4 is 18.9 Å². The Morgan fingerprint density at radius 3 is 2.68 bits per heavy atom. The lowest BCUT2D eigenvalue weighted by Gasteiger charge is -2.15. The molecule has 0 radical (unpaired) electrons. The van der Waals surface area contributed by atoms with Gasteiger partial charge in [-0.2, -0.15) is 0 Å². The van der Waals surface area contributed by atoms with Crippen molar-refractivity contribution in [3.8, 4) is 17.2 Å². The molecule has 0 saturated heterocycles. The maximum absolute atomic E-state index is 12.8. The average molecular weight is 408 g/mol. The second-order valence-electron chi connectivity index (χ2n) is 6.22. The second-order valence-corrected chi connectivity index (χ2v) is 7.90. The fourth-order valence-corrected chi connectivity index (χ4v) is 4.06. The summed E-state index contributed by atoms with van der Waals surface area (Å²) in [6, 6.07) is 6.74. The summed E-state index contributed by atoms with van der Waals surface area (Å²) in [5, 5.41) is 11.2. The van der Waals surface area contributed by atoms with Crippen molar-refractivity contribution < 1.29 is 27.6 Å². The number of nitrogens with zero attached hydrogens (tertiary/aromatic N) is 1. The van der Waals surface area contributed by atoms with Crippen molar-refractivity contribution in [3.05, 3.63) is 46.0 Å². The lowest BCUT2D eigenvalue weighted by atomic mass is 10.1. The SMILES string of the molecule is CCOc1cc2c(cc1NS(=O)(=O)c1ccc(OC)c([N+](=O)[O-])c1)OC(C)C2. The van der Waals surface area contributed by atoms with Gasteiger partial charge < -0.3 is 14.2 Å². The summed E-state index contributed by atoms with van der Waals surface area (Å²) < 4.78 is 44.3. The van der Waals surface area contributed by atoms with E-state index in [-0.39, 0.29) is 22.4 Å².